The molecule has 1 atom stereocenters. The molecule has 1 aliphatic heterocycles. The van der Waals surface area contributed by atoms with Crippen molar-refractivity contribution in [2.75, 3.05) is 11.9 Å². The molecule has 2 aromatic carbocycles. The molecule has 1 fully saturated rings. The van der Waals surface area contributed by atoms with E-state index in [2.05, 4.69) is 34.3 Å². The van der Waals surface area contributed by atoms with Crippen LogP contribution in [0.25, 0.3) is 0 Å². The van der Waals surface area contributed by atoms with E-state index in [9.17, 15) is 14.4 Å². The molecule has 3 N–H and O–H groups in total. The molecule has 0 aromatic heterocycles. The first-order valence-corrected chi connectivity index (χ1v) is 10.1. The molecule has 0 radical (unpaired) electrons. The third kappa shape index (κ3) is 6.86. The molecule has 8 heteroatoms. The zero-order valence-corrected chi connectivity index (χ0v) is 18.4. The number of hydroxylamine groups is 2. The van der Waals surface area contributed by atoms with Crippen LogP contribution in [-0.4, -0.2) is 46.4 Å². The summed E-state index contributed by atoms with van der Waals surface area (Å²) < 4.78 is 5.20. The van der Waals surface area contributed by atoms with E-state index in [0.29, 0.717) is 21.9 Å². The van der Waals surface area contributed by atoms with E-state index in [0.717, 1.165) is 5.56 Å². The van der Waals surface area contributed by atoms with Gasteiger partial charge >= 0.3 is 6.09 Å². The van der Waals surface area contributed by atoms with Crippen molar-refractivity contribution in [1.29, 1.82) is 0 Å². The highest BCUT2D eigenvalue weighted by atomic mass is 16.6. The van der Waals surface area contributed by atoms with Crippen molar-refractivity contribution in [1.82, 2.24) is 10.4 Å². The van der Waals surface area contributed by atoms with Gasteiger partial charge in [0.1, 0.15) is 11.6 Å². The first kappa shape index (κ1) is 23.4. The van der Waals surface area contributed by atoms with Crippen molar-refractivity contribution in [2.24, 2.45) is 0 Å². The molecule has 3 amide bonds. The highest BCUT2D eigenvalue weighted by Crippen LogP contribution is 2.13. The van der Waals surface area contributed by atoms with Crippen LogP contribution in [-0.2, 0) is 9.53 Å². The maximum Gasteiger partial charge on any atom is 0.412 e. The summed E-state index contributed by atoms with van der Waals surface area (Å²) in [5.41, 5.74) is 1.83. The van der Waals surface area contributed by atoms with Gasteiger partial charge in [-0.3, -0.25) is 20.1 Å². The third-order valence-electron chi connectivity index (χ3n) is 4.37. The minimum Gasteiger partial charge on any atom is -0.444 e. The molecule has 0 unspecified atom stereocenters. The highest BCUT2D eigenvalue weighted by Gasteiger charge is 2.37. The topological polar surface area (TPSA) is 108 Å². The summed E-state index contributed by atoms with van der Waals surface area (Å²) in [4.78, 5) is 35.2. The second kappa shape index (κ2) is 9.90. The van der Waals surface area contributed by atoms with Crippen LogP contribution < -0.4 is 10.6 Å². The van der Waals surface area contributed by atoms with Crippen LogP contribution in [0.2, 0.25) is 0 Å². The summed E-state index contributed by atoms with van der Waals surface area (Å²) in [5, 5.41) is 14.8. The SMILES string of the molecule is CC(C)(C)OC(=O)Nc1ccc(C#CC#Cc2ccc(C(=O)N[C@@H]3CN(O)C3=O)cc2)cc1. The highest BCUT2D eigenvalue weighted by molar-refractivity contribution is 5.99. The molecule has 0 bridgehead atoms. The van der Waals surface area contributed by atoms with E-state index < -0.39 is 29.6 Å². The molecule has 3 rings (SSSR count). The van der Waals surface area contributed by atoms with Crippen molar-refractivity contribution in [3.63, 3.8) is 0 Å². The standard InChI is InChI=1S/C25H23N3O5/c1-25(2,3)33-24(31)26-20-14-10-18(11-15-20)7-5-4-6-17-8-12-19(13-9-17)22(29)27-21-16-28(32)23(21)30/h8-15,21,32H,16H2,1-3H3,(H,26,31)(H,27,29)/t21-/m1/s1. The lowest BCUT2D eigenvalue weighted by Crippen LogP contribution is -2.62. The first-order chi connectivity index (χ1) is 15.6. The maximum absolute atomic E-state index is 12.1. The number of carbonyl (C=O) groups is 3. The van der Waals surface area contributed by atoms with Gasteiger partial charge in [0.05, 0.1) is 6.54 Å². The molecule has 1 aliphatic rings. The minimum atomic E-state index is -0.695. The second-order valence-corrected chi connectivity index (χ2v) is 8.23. The molecule has 0 aliphatic carbocycles. The van der Waals surface area contributed by atoms with Gasteiger partial charge in [-0.2, -0.15) is 0 Å². The zero-order valence-electron chi connectivity index (χ0n) is 18.4. The van der Waals surface area contributed by atoms with E-state index in [1.807, 2.05) is 0 Å². The van der Waals surface area contributed by atoms with Crippen LogP contribution in [0.1, 0.15) is 42.3 Å². The lowest BCUT2D eigenvalue weighted by atomic mass is 10.1. The van der Waals surface area contributed by atoms with Crippen LogP contribution in [0.15, 0.2) is 48.5 Å². The Labute approximate surface area is 191 Å². The molecule has 1 saturated heterocycles. The Morgan fingerprint density at radius 3 is 2.03 bits per heavy atom. The predicted octanol–water partition coefficient (Wildman–Crippen LogP) is 2.77. The summed E-state index contributed by atoms with van der Waals surface area (Å²) in [5.74, 6) is 10.4. The van der Waals surface area contributed by atoms with Gasteiger partial charge in [-0.15, -0.1) is 0 Å². The largest absolute Gasteiger partial charge is 0.444 e. The number of amides is 3. The number of nitrogens with zero attached hydrogens (tertiary/aromatic N) is 1. The average Bonchev–Trinajstić information content (AvgIpc) is 2.76. The van der Waals surface area contributed by atoms with Gasteiger partial charge in [0.15, 0.2) is 0 Å². The fraction of sp³-hybridized carbons (Fsp3) is 0.240. The number of rotatable bonds is 3. The van der Waals surface area contributed by atoms with Crippen LogP contribution >= 0.6 is 0 Å². The van der Waals surface area contributed by atoms with Gasteiger partial charge in [-0.25, -0.2) is 9.86 Å². The third-order valence-corrected chi connectivity index (χ3v) is 4.37. The smallest absolute Gasteiger partial charge is 0.412 e. The van der Waals surface area contributed by atoms with E-state index in [1.54, 1.807) is 69.3 Å². The summed E-state index contributed by atoms with van der Waals surface area (Å²) in [7, 11) is 0. The molecule has 1 heterocycles. The number of carbonyl (C=O) groups excluding carboxylic acids is 3. The lowest BCUT2D eigenvalue weighted by molar-refractivity contribution is -0.189. The van der Waals surface area contributed by atoms with Gasteiger partial charge < -0.3 is 10.1 Å². The Morgan fingerprint density at radius 2 is 1.55 bits per heavy atom. The Morgan fingerprint density at radius 1 is 1.00 bits per heavy atom. The Bertz CT molecular complexity index is 1170. The van der Waals surface area contributed by atoms with E-state index in [4.69, 9.17) is 9.94 Å². The Balaban J connectivity index is 1.52. The van der Waals surface area contributed by atoms with Crippen LogP contribution in [0.3, 0.4) is 0 Å². The molecule has 8 nitrogen and oxygen atoms in total. The van der Waals surface area contributed by atoms with Gasteiger partial charge in [0, 0.05) is 22.4 Å². The van der Waals surface area contributed by atoms with Crippen LogP contribution in [0.5, 0.6) is 0 Å². The van der Waals surface area contributed by atoms with Crippen LogP contribution in [0, 0.1) is 23.7 Å². The number of ether oxygens (including phenoxy) is 1. The number of hydrogen-bond donors (Lipinski definition) is 3. The quantitative estimate of drug-likeness (QED) is 0.383. The van der Waals surface area contributed by atoms with Gasteiger partial charge in [-0.05, 0) is 81.1 Å². The number of hydrogen-bond acceptors (Lipinski definition) is 5. The van der Waals surface area contributed by atoms with Gasteiger partial charge in [-0.1, -0.05) is 11.8 Å². The Kier molecular flexibility index (Phi) is 7.02. The second-order valence-electron chi connectivity index (χ2n) is 8.23. The maximum atomic E-state index is 12.1. The van der Waals surface area contributed by atoms with Crippen molar-refractivity contribution >= 4 is 23.6 Å². The molecular formula is C25H23N3O5. The zero-order chi connectivity index (χ0) is 24.0. The summed E-state index contributed by atoms with van der Waals surface area (Å²) >= 11 is 0. The molecule has 0 spiro atoms. The molecular weight excluding hydrogens is 422 g/mol. The van der Waals surface area contributed by atoms with Gasteiger partial charge in [0.2, 0.25) is 0 Å². The predicted molar refractivity (Wildman–Crippen MR) is 121 cm³/mol. The minimum absolute atomic E-state index is 0.0791. The number of anilines is 1. The summed E-state index contributed by atoms with van der Waals surface area (Å²) in [6.45, 7) is 5.46. The number of benzene rings is 2. The van der Waals surface area contributed by atoms with Crippen molar-refractivity contribution in [2.45, 2.75) is 32.4 Å². The van der Waals surface area contributed by atoms with Crippen molar-refractivity contribution in [3.05, 3.63) is 65.2 Å². The van der Waals surface area contributed by atoms with Crippen molar-refractivity contribution in [3.8, 4) is 23.7 Å². The van der Waals surface area contributed by atoms with Crippen molar-refractivity contribution < 1.29 is 24.3 Å². The fourth-order valence-corrected chi connectivity index (χ4v) is 2.73. The molecule has 0 saturated carbocycles. The molecule has 2 aromatic rings. The molecule has 168 valence electrons. The van der Waals surface area contributed by atoms with Gasteiger partial charge in [0.25, 0.3) is 11.8 Å². The lowest BCUT2D eigenvalue weighted by Gasteiger charge is -2.33. The fourth-order valence-electron chi connectivity index (χ4n) is 2.73. The van der Waals surface area contributed by atoms with E-state index in [1.165, 1.54) is 0 Å². The normalized spacial score (nSPS) is 14.6. The summed E-state index contributed by atoms with van der Waals surface area (Å²) in [6, 6.07) is 12.8. The average molecular weight is 445 g/mol. The first-order valence-electron chi connectivity index (χ1n) is 10.1. The summed E-state index contributed by atoms with van der Waals surface area (Å²) in [6.07, 6.45) is -0.524. The molecule has 33 heavy (non-hydrogen) atoms. The van der Waals surface area contributed by atoms with E-state index >= 15 is 0 Å². The number of β-lactam (4-membered cyclic amide) rings is 1. The number of nitrogens with one attached hydrogen (secondary N) is 2. The van der Waals surface area contributed by atoms with Crippen LogP contribution in [0.4, 0.5) is 10.5 Å². The monoisotopic (exact) mass is 445 g/mol. The van der Waals surface area contributed by atoms with E-state index in [-0.39, 0.29) is 6.54 Å². The Hall–Kier alpha value is -4.27.